The first kappa shape index (κ1) is 25.7. The van der Waals surface area contributed by atoms with Crippen molar-refractivity contribution >= 4 is 5.97 Å². The predicted octanol–water partition coefficient (Wildman–Crippen LogP) is 5.75. The van der Waals surface area contributed by atoms with E-state index in [0.29, 0.717) is 43.2 Å². The molecule has 182 valence electrons. The number of esters is 1. The van der Waals surface area contributed by atoms with Crippen LogP contribution >= 0.6 is 0 Å². The zero-order valence-corrected chi connectivity index (χ0v) is 20.7. The molecule has 0 amide bonds. The molecule has 0 N–H and O–H groups in total. The molecule has 7 nitrogen and oxygen atoms in total. The summed E-state index contributed by atoms with van der Waals surface area (Å²) in [5.74, 6) is 1.67. The maximum Gasteiger partial charge on any atom is 0.305 e. The molecule has 1 heterocycles. The number of hydrogen-bond donors (Lipinski definition) is 0. The van der Waals surface area contributed by atoms with Crippen LogP contribution in [-0.4, -0.2) is 35.3 Å². The summed E-state index contributed by atoms with van der Waals surface area (Å²) in [6.07, 6.45) is 5.25. The van der Waals surface area contributed by atoms with Gasteiger partial charge in [-0.1, -0.05) is 19.1 Å². The van der Waals surface area contributed by atoms with Crippen LogP contribution in [0.15, 0.2) is 48.8 Å². The molecule has 2 aromatic carbocycles. The van der Waals surface area contributed by atoms with E-state index in [2.05, 4.69) is 23.0 Å². The van der Waals surface area contributed by atoms with E-state index < -0.39 is 0 Å². The molecule has 0 unspecified atom stereocenters. The Hall–Kier alpha value is -3.92. The second-order valence-corrected chi connectivity index (χ2v) is 8.18. The van der Waals surface area contributed by atoms with Crippen LogP contribution in [0.3, 0.4) is 0 Å². The summed E-state index contributed by atoms with van der Waals surface area (Å²) in [4.78, 5) is 20.6. The largest absolute Gasteiger partial charge is 0.493 e. The van der Waals surface area contributed by atoms with Gasteiger partial charge in [0.1, 0.15) is 17.6 Å². The lowest BCUT2D eigenvalue weighted by molar-refractivity contribution is -0.143. The fourth-order valence-corrected chi connectivity index (χ4v) is 3.70. The Kier molecular flexibility index (Phi) is 9.19. The van der Waals surface area contributed by atoms with Gasteiger partial charge in [-0.2, -0.15) is 5.26 Å². The monoisotopic (exact) mass is 473 g/mol. The van der Waals surface area contributed by atoms with Crippen molar-refractivity contribution in [3.63, 3.8) is 0 Å². The summed E-state index contributed by atoms with van der Waals surface area (Å²) in [6.45, 7) is 8.54. The Balaban J connectivity index is 1.77. The van der Waals surface area contributed by atoms with Crippen LogP contribution in [0, 0.1) is 11.3 Å². The van der Waals surface area contributed by atoms with Crippen molar-refractivity contribution in [2.75, 3.05) is 13.2 Å². The molecule has 0 atom stereocenters. The molecule has 0 aliphatic carbocycles. The second kappa shape index (κ2) is 12.5. The van der Waals surface area contributed by atoms with Crippen LogP contribution in [0.5, 0.6) is 11.5 Å². The average Bonchev–Trinajstić information content (AvgIpc) is 2.86. The number of carbonyl (C=O) groups excluding carboxylic acids is 1. The van der Waals surface area contributed by atoms with Crippen LogP contribution in [0.25, 0.3) is 22.5 Å². The minimum absolute atomic E-state index is 0.0199. The van der Waals surface area contributed by atoms with Gasteiger partial charge < -0.3 is 14.2 Å². The van der Waals surface area contributed by atoms with E-state index in [1.54, 1.807) is 31.5 Å². The fraction of sp³-hybridized carbons (Fsp3) is 0.357. The Bertz CT molecular complexity index is 1180. The molecule has 3 rings (SSSR count). The third-order valence-electron chi connectivity index (χ3n) is 5.26. The molecule has 1 aromatic heterocycles. The first-order valence-electron chi connectivity index (χ1n) is 11.9. The van der Waals surface area contributed by atoms with E-state index in [9.17, 15) is 10.1 Å². The molecule has 0 aliphatic heterocycles. The third kappa shape index (κ3) is 6.80. The standard InChI is InChI=1S/C28H31N3O4/c1-5-23-24(9-7-10-26(23)34-14-8-11-27(32)33-6-2)22-17-30-28(31-18-22)20-12-13-25(35-19(3)4)21(15-20)16-29/h7,9-10,12-13,15,17-19H,5-6,8,11,14H2,1-4H3. The second-order valence-electron chi connectivity index (χ2n) is 8.18. The van der Waals surface area contributed by atoms with Crippen molar-refractivity contribution in [3.05, 3.63) is 59.9 Å². The van der Waals surface area contributed by atoms with Crippen molar-refractivity contribution in [3.8, 4) is 40.1 Å². The minimum Gasteiger partial charge on any atom is -0.493 e. The smallest absolute Gasteiger partial charge is 0.305 e. The molecule has 0 saturated carbocycles. The van der Waals surface area contributed by atoms with Gasteiger partial charge in [0.25, 0.3) is 0 Å². The predicted molar refractivity (Wildman–Crippen MR) is 134 cm³/mol. The fourth-order valence-electron chi connectivity index (χ4n) is 3.70. The summed E-state index contributed by atoms with van der Waals surface area (Å²) < 4.78 is 16.6. The lowest BCUT2D eigenvalue weighted by Gasteiger charge is -2.15. The van der Waals surface area contributed by atoms with Gasteiger partial charge in [0, 0.05) is 35.5 Å². The first-order valence-corrected chi connectivity index (χ1v) is 11.9. The van der Waals surface area contributed by atoms with Gasteiger partial charge >= 0.3 is 5.97 Å². The Morgan fingerprint density at radius 2 is 1.83 bits per heavy atom. The topological polar surface area (TPSA) is 94.3 Å². The van der Waals surface area contributed by atoms with E-state index in [1.807, 2.05) is 38.1 Å². The molecule has 35 heavy (non-hydrogen) atoms. The number of ether oxygens (including phenoxy) is 3. The molecule has 0 radical (unpaired) electrons. The molecular formula is C28H31N3O4. The van der Waals surface area contributed by atoms with Crippen LogP contribution in [0.1, 0.15) is 51.7 Å². The van der Waals surface area contributed by atoms with E-state index in [4.69, 9.17) is 14.2 Å². The maximum atomic E-state index is 11.5. The normalized spacial score (nSPS) is 10.6. The zero-order chi connectivity index (χ0) is 25.2. The van der Waals surface area contributed by atoms with Gasteiger partial charge in [-0.05, 0) is 63.4 Å². The van der Waals surface area contributed by atoms with Crippen molar-refractivity contribution in [2.24, 2.45) is 0 Å². The number of nitriles is 1. The summed E-state index contributed by atoms with van der Waals surface area (Å²) in [5.41, 5.74) is 4.13. The number of benzene rings is 2. The highest BCUT2D eigenvalue weighted by Gasteiger charge is 2.13. The van der Waals surface area contributed by atoms with Gasteiger partial charge in [-0.3, -0.25) is 4.79 Å². The summed E-state index contributed by atoms with van der Waals surface area (Å²) >= 11 is 0. The average molecular weight is 474 g/mol. The molecule has 0 saturated heterocycles. The van der Waals surface area contributed by atoms with E-state index in [0.717, 1.165) is 34.4 Å². The van der Waals surface area contributed by atoms with Gasteiger partial charge in [-0.15, -0.1) is 0 Å². The maximum absolute atomic E-state index is 11.5. The molecule has 0 aliphatic rings. The Morgan fingerprint density at radius 3 is 2.49 bits per heavy atom. The van der Waals surface area contributed by atoms with Gasteiger partial charge in [0.05, 0.1) is 24.9 Å². The molecular weight excluding hydrogens is 442 g/mol. The van der Waals surface area contributed by atoms with E-state index in [1.165, 1.54) is 0 Å². The van der Waals surface area contributed by atoms with Crippen LogP contribution in [0.4, 0.5) is 0 Å². The lowest BCUT2D eigenvalue weighted by atomic mass is 9.99. The molecule has 0 spiro atoms. The zero-order valence-electron chi connectivity index (χ0n) is 20.7. The van der Waals surface area contributed by atoms with Crippen molar-refractivity contribution in [2.45, 2.75) is 53.1 Å². The van der Waals surface area contributed by atoms with E-state index >= 15 is 0 Å². The minimum atomic E-state index is -0.207. The summed E-state index contributed by atoms with van der Waals surface area (Å²) in [7, 11) is 0. The summed E-state index contributed by atoms with van der Waals surface area (Å²) in [6, 6.07) is 13.5. The molecule has 0 fully saturated rings. The molecule has 7 heteroatoms. The lowest BCUT2D eigenvalue weighted by Crippen LogP contribution is -2.07. The van der Waals surface area contributed by atoms with Crippen molar-refractivity contribution < 1.29 is 19.0 Å². The number of hydrogen-bond acceptors (Lipinski definition) is 7. The quantitative estimate of drug-likeness (QED) is 0.258. The van der Waals surface area contributed by atoms with Gasteiger partial charge in [-0.25, -0.2) is 9.97 Å². The Labute approximate surface area is 206 Å². The summed E-state index contributed by atoms with van der Waals surface area (Å²) in [5, 5.41) is 9.50. The van der Waals surface area contributed by atoms with Crippen LogP contribution < -0.4 is 9.47 Å². The number of carbonyl (C=O) groups is 1. The number of aromatic nitrogens is 2. The van der Waals surface area contributed by atoms with Crippen LogP contribution in [-0.2, 0) is 16.0 Å². The van der Waals surface area contributed by atoms with Crippen LogP contribution in [0.2, 0.25) is 0 Å². The third-order valence-corrected chi connectivity index (χ3v) is 5.26. The van der Waals surface area contributed by atoms with Gasteiger partial charge in [0.15, 0.2) is 5.82 Å². The Morgan fingerprint density at radius 1 is 1.06 bits per heavy atom. The highest BCUT2D eigenvalue weighted by Crippen LogP contribution is 2.32. The van der Waals surface area contributed by atoms with E-state index in [-0.39, 0.29) is 12.1 Å². The first-order chi connectivity index (χ1) is 17.0. The molecule has 0 bridgehead atoms. The highest BCUT2D eigenvalue weighted by molar-refractivity contribution is 5.71. The van der Waals surface area contributed by atoms with Gasteiger partial charge in [0.2, 0.25) is 0 Å². The highest BCUT2D eigenvalue weighted by atomic mass is 16.5. The molecule has 3 aromatic rings. The number of nitrogens with zero attached hydrogens (tertiary/aromatic N) is 3. The SMILES string of the molecule is CCOC(=O)CCCOc1cccc(-c2cnc(-c3ccc(OC(C)C)c(C#N)c3)nc2)c1CC. The van der Waals surface area contributed by atoms with Crippen molar-refractivity contribution in [1.82, 2.24) is 9.97 Å². The number of rotatable bonds is 11. The van der Waals surface area contributed by atoms with Crippen molar-refractivity contribution in [1.29, 1.82) is 5.26 Å².